The van der Waals surface area contributed by atoms with Gasteiger partial charge >= 0.3 is 0 Å². The van der Waals surface area contributed by atoms with Crippen LogP contribution in [0.5, 0.6) is 0 Å². The predicted molar refractivity (Wildman–Crippen MR) is 36.4 cm³/mol. The Morgan fingerprint density at radius 3 is 2.80 bits per heavy atom. The highest BCUT2D eigenvalue weighted by Gasteiger charge is 1.92. The highest BCUT2D eigenvalue weighted by Crippen LogP contribution is 2.08. The van der Waals surface area contributed by atoms with Crippen molar-refractivity contribution in [3.05, 3.63) is 23.5 Å². The summed E-state index contributed by atoms with van der Waals surface area (Å²) in [5, 5.41) is 0.182. The lowest BCUT2D eigenvalue weighted by Crippen LogP contribution is -1.88. The molecule has 0 aliphatic heterocycles. The Balaban J connectivity index is 3.07. The largest absolute Gasteiger partial charge is 0.768 e. The maximum Gasteiger partial charge on any atom is 0.130 e. The molecule has 0 saturated heterocycles. The van der Waals surface area contributed by atoms with Crippen molar-refractivity contribution in [1.29, 1.82) is 0 Å². The summed E-state index contributed by atoms with van der Waals surface area (Å²) >= 11 is 3.19. The lowest BCUT2D eigenvalue weighted by atomic mass is 10.5. The Morgan fingerprint density at radius 1 is 1.70 bits per heavy atom. The number of nitrogens with zero attached hydrogens (tertiary/aromatic N) is 1. The molecular formula is C5H3ClNO2S-. The summed E-state index contributed by atoms with van der Waals surface area (Å²) < 4.78 is 20.5. The molecule has 0 bridgehead atoms. The van der Waals surface area contributed by atoms with Crippen molar-refractivity contribution in [3.8, 4) is 0 Å². The zero-order valence-electron chi connectivity index (χ0n) is 4.78. The zero-order chi connectivity index (χ0) is 7.56. The van der Waals surface area contributed by atoms with E-state index in [2.05, 4.69) is 4.98 Å². The van der Waals surface area contributed by atoms with Crippen molar-refractivity contribution in [3.63, 3.8) is 0 Å². The highest BCUT2D eigenvalue weighted by molar-refractivity contribution is 7.79. The normalized spacial score (nSPS) is 13.0. The Hall–Kier alpha value is -0.450. The van der Waals surface area contributed by atoms with Gasteiger partial charge in [-0.3, -0.25) is 4.21 Å². The van der Waals surface area contributed by atoms with Crippen LogP contribution in [-0.2, 0) is 11.1 Å². The fourth-order valence-electron chi connectivity index (χ4n) is 0.488. The van der Waals surface area contributed by atoms with Gasteiger partial charge in [-0.1, -0.05) is 11.6 Å². The van der Waals surface area contributed by atoms with E-state index >= 15 is 0 Å². The molecular weight excluding hydrogens is 174 g/mol. The SMILES string of the molecule is O=S([O-])c1ccnc(Cl)c1. The first-order valence-corrected chi connectivity index (χ1v) is 3.86. The van der Waals surface area contributed by atoms with Crippen LogP contribution in [-0.4, -0.2) is 13.7 Å². The second kappa shape index (κ2) is 3.09. The lowest BCUT2D eigenvalue weighted by Gasteiger charge is -2.02. The van der Waals surface area contributed by atoms with Crippen molar-refractivity contribution >= 4 is 22.7 Å². The van der Waals surface area contributed by atoms with Gasteiger partial charge in [-0.05, 0) is 23.2 Å². The van der Waals surface area contributed by atoms with Gasteiger partial charge in [0.05, 0.1) is 0 Å². The van der Waals surface area contributed by atoms with Crippen LogP contribution in [0.15, 0.2) is 23.2 Å². The van der Waals surface area contributed by atoms with Crippen LogP contribution in [0.3, 0.4) is 0 Å². The second-order valence-electron chi connectivity index (χ2n) is 1.55. The third-order valence-electron chi connectivity index (χ3n) is 0.890. The smallest absolute Gasteiger partial charge is 0.130 e. The summed E-state index contributed by atoms with van der Waals surface area (Å²) in [6.45, 7) is 0. The average molecular weight is 177 g/mol. The van der Waals surface area contributed by atoms with Crippen molar-refractivity contribution in [2.45, 2.75) is 4.90 Å². The second-order valence-corrected chi connectivity index (χ2v) is 2.88. The first-order chi connectivity index (χ1) is 4.70. The molecule has 0 fully saturated rings. The summed E-state index contributed by atoms with van der Waals surface area (Å²) in [6.07, 6.45) is 1.34. The van der Waals surface area contributed by atoms with Gasteiger partial charge in [-0.15, -0.1) is 0 Å². The first-order valence-electron chi connectivity index (χ1n) is 2.41. The van der Waals surface area contributed by atoms with Crippen molar-refractivity contribution in [1.82, 2.24) is 4.98 Å². The molecule has 1 unspecified atom stereocenters. The van der Waals surface area contributed by atoms with Gasteiger partial charge in [-0.25, -0.2) is 4.98 Å². The molecule has 5 heteroatoms. The molecule has 0 radical (unpaired) electrons. The molecule has 10 heavy (non-hydrogen) atoms. The van der Waals surface area contributed by atoms with Crippen molar-refractivity contribution in [2.24, 2.45) is 0 Å². The van der Waals surface area contributed by atoms with E-state index in [1.54, 1.807) is 0 Å². The minimum Gasteiger partial charge on any atom is -0.768 e. The van der Waals surface area contributed by atoms with E-state index in [9.17, 15) is 8.76 Å². The summed E-state index contributed by atoms with van der Waals surface area (Å²) in [6, 6.07) is 2.65. The monoisotopic (exact) mass is 176 g/mol. The molecule has 0 aliphatic rings. The standard InChI is InChI=1S/C5H4ClNO2S/c6-5-3-4(10(8)9)1-2-7-5/h1-3H,(H,8,9)/p-1. The minimum absolute atomic E-state index is 0.153. The first kappa shape index (κ1) is 7.65. The van der Waals surface area contributed by atoms with E-state index in [1.807, 2.05) is 0 Å². The molecule has 0 aliphatic carbocycles. The molecule has 1 heterocycles. The number of rotatable bonds is 1. The van der Waals surface area contributed by atoms with Gasteiger partial charge in [-0.2, -0.15) is 0 Å². The van der Waals surface area contributed by atoms with Crippen LogP contribution in [0.2, 0.25) is 5.15 Å². The van der Waals surface area contributed by atoms with E-state index in [4.69, 9.17) is 11.6 Å². The molecule has 1 aromatic rings. The molecule has 3 nitrogen and oxygen atoms in total. The number of pyridine rings is 1. The van der Waals surface area contributed by atoms with Crippen molar-refractivity contribution < 1.29 is 8.76 Å². The highest BCUT2D eigenvalue weighted by atomic mass is 35.5. The number of halogens is 1. The quantitative estimate of drug-likeness (QED) is 0.473. The Kier molecular flexibility index (Phi) is 2.37. The fourth-order valence-corrected chi connectivity index (χ4v) is 1.11. The molecule has 0 aromatic carbocycles. The fraction of sp³-hybridized carbons (Fsp3) is 0. The van der Waals surface area contributed by atoms with E-state index in [1.165, 1.54) is 18.3 Å². The van der Waals surface area contributed by atoms with E-state index in [0.29, 0.717) is 0 Å². The van der Waals surface area contributed by atoms with E-state index in [-0.39, 0.29) is 10.0 Å². The number of aromatic nitrogens is 1. The minimum atomic E-state index is -2.21. The predicted octanol–water partition coefficient (Wildman–Crippen LogP) is 0.973. The Labute approximate surface area is 65.3 Å². The van der Waals surface area contributed by atoms with E-state index < -0.39 is 11.1 Å². The van der Waals surface area contributed by atoms with Crippen molar-refractivity contribution in [2.75, 3.05) is 0 Å². The maximum atomic E-state index is 10.3. The van der Waals surface area contributed by atoms with Gasteiger partial charge in [0, 0.05) is 11.1 Å². The van der Waals surface area contributed by atoms with E-state index in [0.717, 1.165) is 0 Å². The summed E-state index contributed by atoms with van der Waals surface area (Å²) in [7, 11) is 0. The number of hydrogen-bond donors (Lipinski definition) is 0. The molecule has 0 N–H and O–H groups in total. The molecule has 0 amide bonds. The van der Waals surface area contributed by atoms with Gasteiger partial charge < -0.3 is 4.55 Å². The third-order valence-corrected chi connectivity index (χ3v) is 1.74. The molecule has 1 rings (SSSR count). The van der Waals surface area contributed by atoms with Crippen LogP contribution in [0.1, 0.15) is 0 Å². The van der Waals surface area contributed by atoms with Crippen LogP contribution in [0.4, 0.5) is 0 Å². The average Bonchev–Trinajstić information content (AvgIpc) is 1.88. The molecule has 54 valence electrons. The summed E-state index contributed by atoms with van der Waals surface area (Å²) in [5.74, 6) is 0. The summed E-state index contributed by atoms with van der Waals surface area (Å²) in [5.41, 5.74) is 0. The van der Waals surface area contributed by atoms with Crippen LogP contribution in [0.25, 0.3) is 0 Å². The number of hydrogen-bond acceptors (Lipinski definition) is 3. The van der Waals surface area contributed by atoms with Gasteiger partial charge in [0.2, 0.25) is 0 Å². The topological polar surface area (TPSA) is 53.0 Å². The Bertz CT molecular complexity index is 266. The van der Waals surface area contributed by atoms with Crippen LogP contribution in [0, 0.1) is 0 Å². The zero-order valence-corrected chi connectivity index (χ0v) is 6.35. The summed E-state index contributed by atoms with van der Waals surface area (Å²) in [4.78, 5) is 3.77. The molecule has 0 spiro atoms. The molecule has 0 saturated carbocycles. The van der Waals surface area contributed by atoms with Gasteiger partial charge in [0.1, 0.15) is 5.15 Å². The lowest BCUT2D eigenvalue weighted by molar-refractivity contribution is 0.537. The molecule has 1 aromatic heterocycles. The Morgan fingerprint density at radius 2 is 2.40 bits per heavy atom. The van der Waals surface area contributed by atoms with Crippen LogP contribution < -0.4 is 0 Å². The maximum absolute atomic E-state index is 10.3. The van der Waals surface area contributed by atoms with Gasteiger partial charge in [0.25, 0.3) is 0 Å². The van der Waals surface area contributed by atoms with Gasteiger partial charge in [0.15, 0.2) is 0 Å². The third kappa shape index (κ3) is 1.76. The van der Waals surface area contributed by atoms with Crippen LogP contribution >= 0.6 is 11.6 Å². The molecule has 1 atom stereocenters.